The first-order chi connectivity index (χ1) is 7.30. The van der Waals surface area contributed by atoms with E-state index >= 15 is 0 Å². The van der Waals surface area contributed by atoms with Crippen molar-refractivity contribution >= 4 is 12.0 Å². The highest BCUT2D eigenvalue weighted by molar-refractivity contribution is 5.93. The molecule has 0 bridgehead atoms. The van der Waals surface area contributed by atoms with Gasteiger partial charge >= 0.3 is 5.97 Å². The van der Waals surface area contributed by atoms with Crippen molar-refractivity contribution in [2.45, 2.75) is 20.8 Å². The quantitative estimate of drug-likeness (QED) is 0.779. The predicted octanol–water partition coefficient (Wildman–Crippen LogP) is 3.34. The molecule has 0 amide bonds. The Morgan fingerprint density at radius 3 is 2.12 bits per heavy atom. The van der Waals surface area contributed by atoms with Crippen LogP contribution in [0.3, 0.4) is 0 Å². The molecule has 0 fully saturated rings. The lowest BCUT2D eigenvalue weighted by Crippen LogP contribution is -2.17. The number of hydrogen-bond donors (Lipinski definition) is 1. The highest BCUT2D eigenvalue weighted by Gasteiger charge is 2.23. The van der Waals surface area contributed by atoms with E-state index in [-0.39, 0.29) is 5.82 Å². The summed E-state index contributed by atoms with van der Waals surface area (Å²) in [5.74, 6) is -1.28. The first-order valence-corrected chi connectivity index (χ1v) is 5.02. The maximum absolute atomic E-state index is 12.7. The lowest BCUT2D eigenvalue weighted by atomic mass is 9.85. The van der Waals surface area contributed by atoms with Crippen molar-refractivity contribution in [1.29, 1.82) is 0 Å². The number of carbonyl (C=O) groups is 1. The molecule has 0 saturated carbocycles. The highest BCUT2D eigenvalue weighted by atomic mass is 19.1. The van der Waals surface area contributed by atoms with Gasteiger partial charge in [0.05, 0.1) is 0 Å². The molecule has 0 unspecified atom stereocenters. The average Bonchev–Trinajstić information content (AvgIpc) is 2.14. The molecule has 0 radical (unpaired) electrons. The number of hydrogen-bond acceptors (Lipinski definition) is 1. The van der Waals surface area contributed by atoms with Crippen molar-refractivity contribution in [3.8, 4) is 0 Å². The van der Waals surface area contributed by atoms with Crippen molar-refractivity contribution in [2.75, 3.05) is 0 Å². The summed E-state index contributed by atoms with van der Waals surface area (Å²) < 4.78 is 12.7. The monoisotopic (exact) mass is 222 g/mol. The van der Waals surface area contributed by atoms with Crippen LogP contribution in [0.25, 0.3) is 6.08 Å². The summed E-state index contributed by atoms with van der Waals surface area (Å²) in [6, 6.07) is 5.75. The zero-order valence-electron chi connectivity index (χ0n) is 9.62. The Kier molecular flexibility index (Phi) is 3.48. The van der Waals surface area contributed by atoms with Crippen LogP contribution in [0.4, 0.5) is 4.39 Å². The van der Waals surface area contributed by atoms with Gasteiger partial charge in [0.15, 0.2) is 0 Å². The maximum atomic E-state index is 12.7. The minimum absolute atomic E-state index is 0.305. The van der Waals surface area contributed by atoms with Crippen LogP contribution in [0.1, 0.15) is 26.3 Å². The number of carboxylic acid groups (broad SMARTS) is 1. The average molecular weight is 222 g/mol. The van der Waals surface area contributed by atoms with Gasteiger partial charge in [-0.25, -0.2) is 9.18 Å². The van der Waals surface area contributed by atoms with Crippen LogP contribution in [-0.4, -0.2) is 11.1 Å². The van der Waals surface area contributed by atoms with E-state index in [0.717, 1.165) is 0 Å². The molecule has 0 saturated heterocycles. The van der Waals surface area contributed by atoms with Gasteiger partial charge in [-0.2, -0.15) is 0 Å². The Hall–Kier alpha value is -1.64. The first kappa shape index (κ1) is 12.4. The molecule has 0 aliphatic carbocycles. The molecule has 0 aromatic heterocycles. The van der Waals surface area contributed by atoms with E-state index in [9.17, 15) is 9.18 Å². The number of benzene rings is 1. The molecule has 86 valence electrons. The molecule has 1 rings (SSSR count). The third-order valence-corrected chi connectivity index (χ3v) is 2.22. The Balaban J connectivity index is 3.13. The van der Waals surface area contributed by atoms with Crippen molar-refractivity contribution < 1.29 is 14.3 Å². The molecule has 0 heterocycles. The smallest absolute Gasteiger partial charge is 0.332 e. The molecule has 0 aliphatic rings. The van der Waals surface area contributed by atoms with Gasteiger partial charge in [0.1, 0.15) is 5.82 Å². The predicted molar refractivity (Wildman–Crippen MR) is 61.5 cm³/mol. The van der Waals surface area contributed by atoms with Gasteiger partial charge in [-0.3, -0.25) is 0 Å². The number of rotatable bonds is 2. The van der Waals surface area contributed by atoms with Crippen molar-refractivity contribution in [1.82, 2.24) is 0 Å². The second kappa shape index (κ2) is 4.47. The third kappa shape index (κ3) is 3.19. The summed E-state index contributed by atoms with van der Waals surface area (Å²) in [4.78, 5) is 11.1. The van der Waals surface area contributed by atoms with E-state index in [0.29, 0.717) is 11.1 Å². The SMILES string of the molecule is CC(C)(C)/C(=C/c1ccc(F)cc1)C(=O)O. The van der Waals surface area contributed by atoms with Gasteiger partial charge in [0, 0.05) is 5.57 Å². The Labute approximate surface area is 94.4 Å². The van der Waals surface area contributed by atoms with Crippen LogP contribution in [0, 0.1) is 11.2 Å². The minimum atomic E-state index is -0.947. The van der Waals surface area contributed by atoms with Crippen LogP contribution in [0.5, 0.6) is 0 Å². The first-order valence-electron chi connectivity index (χ1n) is 5.02. The van der Waals surface area contributed by atoms with E-state index in [1.807, 2.05) is 20.8 Å². The van der Waals surface area contributed by atoms with Crippen LogP contribution in [0.15, 0.2) is 29.8 Å². The standard InChI is InChI=1S/C13H15FO2/c1-13(2,3)11(12(15)16)8-9-4-6-10(14)7-5-9/h4-8H,1-3H3,(H,15,16)/b11-8+. The largest absolute Gasteiger partial charge is 0.478 e. The van der Waals surface area contributed by atoms with E-state index in [4.69, 9.17) is 5.11 Å². The van der Waals surface area contributed by atoms with Crippen molar-refractivity contribution in [3.63, 3.8) is 0 Å². The summed E-state index contributed by atoms with van der Waals surface area (Å²) in [6.07, 6.45) is 1.57. The van der Waals surface area contributed by atoms with E-state index in [1.54, 1.807) is 18.2 Å². The summed E-state index contributed by atoms with van der Waals surface area (Å²) in [5.41, 5.74) is 0.549. The number of halogens is 1. The molecular weight excluding hydrogens is 207 g/mol. The Bertz CT molecular complexity index is 411. The van der Waals surface area contributed by atoms with Crippen molar-refractivity contribution in [3.05, 3.63) is 41.2 Å². The molecule has 0 aliphatic heterocycles. The molecule has 0 atom stereocenters. The minimum Gasteiger partial charge on any atom is -0.478 e. The molecule has 1 aromatic rings. The van der Waals surface area contributed by atoms with Crippen LogP contribution >= 0.6 is 0 Å². The van der Waals surface area contributed by atoms with Crippen LogP contribution in [0.2, 0.25) is 0 Å². The fraction of sp³-hybridized carbons (Fsp3) is 0.308. The molecule has 3 heteroatoms. The number of carboxylic acids is 1. The third-order valence-electron chi connectivity index (χ3n) is 2.22. The Morgan fingerprint density at radius 2 is 1.75 bits per heavy atom. The van der Waals surface area contributed by atoms with Gasteiger partial charge < -0.3 is 5.11 Å². The lowest BCUT2D eigenvalue weighted by Gasteiger charge is -2.19. The second-order valence-electron chi connectivity index (χ2n) is 4.66. The Morgan fingerprint density at radius 1 is 1.25 bits per heavy atom. The fourth-order valence-corrected chi connectivity index (χ4v) is 1.32. The summed E-state index contributed by atoms with van der Waals surface area (Å²) in [7, 11) is 0. The second-order valence-corrected chi connectivity index (χ2v) is 4.66. The zero-order chi connectivity index (χ0) is 12.3. The van der Waals surface area contributed by atoms with Gasteiger partial charge in [-0.15, -0.1) is 0 Å². The maximum Gasteiger partial charge on any atom is 0.332 e. The molecular formula is C13H15FO2. The molecule has 0 spiro atoms. The molecule has 1 N–H and O–H groups in total. The highest BCUT2D eigenvalue weighted by Crippen LogP contribution is 2.27. The normalized spacial score (nSPS) is 12.6. The van der Waals surface area contributed by atoms with E-state index < -0.39 is 11.4 Å². The van der Waals surface area contributed by atoms with Gasteiger partial charge in [-0.1, -0.05) is 32.9 Å². The van der Waals surface area contributed by atoms with Gasteiger partial charge in [0.25, 0.3) is 0 Å². The van der Waals surface area contributed by atoms with Crippen molar-refractivity contribution in [2.24, 2.45) is 5.41 Å². The topological polar surface area (TPSA) is 37.3 Å². The molecule has 16 heavy (non-hydrogen) atoms. The number of aliphatic carboxylic acids is 1. The summed E-state index contributed by atoms with van der Waals surface area (Å²) >= 11 is 0. The van der Waals surface area contributed by atoms with Crippen LogP contribution in [-0.2, 0) is 4.79 Å². The molecule has 2 nitrogen and oxygen atoms in total. The summed E-state index contributed by atoms with van der Waals surface area (Å²) in [5, 5.41) is 9.08. The van der Waals surface area contributed by atoms with Gasteiger partial charge in [-0.05, 0) is 29.2 Å². The van der Waals surface area contributed by atoms with E-state index in [1.165, 1.54) is 12.1 Å². The van der Waals surface area contributed by atoms with Crippen LogP contribution < -0.4 is 0 Å². The summed E-state index contributed by atoms with van der Waals surface area (Å²) in [6.45, 7) is 5.49. The fourth-order valence-electron chi connectivity index (χ4n) is 1.32. The zero-order valence-corrected chi connectivity index (χ0v) is 9.62. The lowest BCUT2D eigenvalue weighted by molar-refractivity contribution is -0.133. The molecule has 1 aromatic carbocycles. The van der Waals surface area contributed by atoms with Gasteiger partial charge in [0.2, 0.25) is 0 Å². The van der Waals surface area contributed by atoms with E-state index in [2.05, 4.69) is 0 Å².